The lowest BCUT2D eigenvalue weighted by Crippen LogP contribution is -2.20. The predicted octanol–water partition coefficient (Wildman–Crippen LogP) is 3.52. The number of amides is 1. The minimum absolute atomic E-state index is 0.0421. The molecule has 0 saturated carbocycles. The van der Waals surface area contributed by atoms with Gasteiger partial charge in [-0.15, -0.1) is 0 Å². The normalized spacial score (nSPS) is 12.0. The molecule has 0 unspecified atom stereocenters. The van der Waals surface area contributed by atoms with Crippen LogP contribution >= 0.6 is 11.6 Å². The second-order valence-corrected chi connectivity index (χ2v) is 7.18. The van der Waals surface area contributed by atoms with Crippen LogP contribution in [-0.2, 0) is 16.2 Å². The van der Waals surface area contributed by atoms with Gasteiger partial charge in [0.2, 0.25) is 10.0 Å². The molecule has 2 rings (SSSR count). The number of halogens is 4. The summed E-state index contributed by atoms with van der Waals surface area (Å²) < 4.78 is 63.8. The number of carbonyl (C=O) groups excluding carboxylic acids is 1. The van der Waals surface area contributed by atoms with Crippen molar-refractivity contribution in [2.75, 3.05) is 12.4 Å². The zero-order chi connectivity index (χ0) is 18.8. The zero-order valence-corrected chi connectivity index (χ0v) is 14.3. The van der Waals surface area contributed by atoms with Gasteiger partial charge in [0, 0.05) is 5.69 Å². The molecule has 0 radical (unpaired) electrons. The van der Waals surface area contributed by atoms with Crippen molar-refractivity contribution in [3.05, 3.63) is 58.6 Å². The number of nitrogens with one attached hydrogen (secondary N) is 2. The summed E-state index contributed by atoms with van der Waals surface area (Å²) in [5.41, 5.74) is -1.21. The monoisotopic (exact) mass is 392 g/mol. The van der Waals surface area contributed by atoms with E-state index in [0.717, 1.165) is 24.3 Å². The van der Waals surface area contributed by atoms with Crippen LogP contribution in [0.15, 0.2) is 47.4 Å². The van der Waals surface area contributed by atoms with Crippen molar-refractivity contribution in [2.45, 2.75) is 11.1 Å². The molecular weight excluding hydrogens is 381 g/mol. The first kappa shape index (κ1) is 19.2. The van der Waals surface area contributed by atoms with Crippen LogP contribution < -0.4 is 10.0 Å². The summed E-state index contributed by atoms with van der Waals surface area (Å²) in [5, 5.41) is 2.23. The summed E-state index contributed by atoms with van der Waals surface area (Å²) in [6, 6.07) is 7.50. The first-order valence-electron chi connectivity index (χ1n) is 6.76. The molecule has 10 heteroatoms. The number of alkyl halides is 3. The van der Waals surface area contributed by atoms with Crippen LogP contribution in [0.25, 0.3) is 0 Å². The van der Waals surface area contributed by atoms with Gasteiger partial charge in [-0.25, -0.2) is 13.1 Å². The highest BCUT2D eigenvalue weighted by Gasteiger charge is 2.30. The van der Waals surface area contributed by atoms with Gasteiger partial charge in [0.25, 0.3) is 5.91 Å². The van der Waals surface area contributed by atoms with E-state index in [1.807, 2.05) is 0 Å². The molecule has 0 heterocycles. The van der Waals surface area contributed by atoms with E-state index in [9.17, 15) is 26.4 Å². The van der Waals surface area contributed by atoms with Crippen molar-refractivity contribution >= 4 is 33.2 Å². The maximum atomic E-state index is 12.7. The van der Waals surface area contributed by atoms with Crippen LogP contribution in [-0.4, -0.2) is 21.4 Å². The van der Waals surface area contributed by atoms with Gasteiger partial charge >= 0.3 is 6.18 Å². The maximum absolute atomic E-state index is 12.7. The molecule has 0 fully saturated rings. The van der Waals surface area contributed by atoms with Crippen LogP contribution in [0.1, 0.15) is 15.9 Å². The number of hydrogen-bond donors (Lipinski definition) is 2. The van der Waals surface area contributed by atoms with Gasteiger partial charge in [0.15, 0.2) is 0 Å². The Morgan fingerprint density at radius 1 is 1.12 bits per heavy atom. The van der Waals surface area contributed by atoms with Gasteiger partial charge in [-0.3, -0.25) is 4.79 Å². The van der Waals surface area contributed by atoms with Crippen molar-refractivity contribution < 1.29 is 26.4 Å². The first-order chi connectivity index (χ1) is 11.5. The van der Waals surface area contributed by atoms with Crippen molar-refractivity contribution in [2.24, 2.45) is 0 Å². The van der Waals surface area contributed by atoms with Gasteiger partial charge in [0.1, 0.15) is 0 Å². The molecule has 2 N–H and O–H groups in total. The Kier molecular flexibility index (Phi) is 5.40. The third-order valence-corrected chi connectivity index (χ3v) is 4.95. The number of benzene rings is 2. The standard InChI is InChI=1S/C15H12ClF3N2O3S/c1-20-25(23,24)11-5-6-13(16)12(8-11)14(22)21-10-4-2-3-9(7-10)15(17,18)19/h2-8,20H,1H3,(H,21,22). The van der Waals surface area contributed by atoms with Crippen LogP contribution in [0.2, 0.25) is 5.02 Å². The average Bonchev–Trinajstić information content (AvgIpc) is 2.54. The first-order valence-corrected chi connectivity index (χ1v) is 8.62. The largest absolute Gasteiger partial charge is 0.416 e. The molecule has 0 aliphatic heterocycles. The van der Waals surface area contributed by atoms with Crippen LogP contribution in [0.5, 0.6) is 0 Å². The van der Waals surface area contributed by atoms with E-state index >= 15 is 0 Å². The topological polar surface area (TPSA) is 75.3 Å². The third kappa shape index (κ3) is 4.50. The van der Waals surface area contributed by atoms with Crippen molar-refractivity contribution in [1.29, 1.82) is 0 Å². The molecule has 2 aromatic rings. The van der Waals surface area contributed by atoms with E-state index in [1.54, 1.807) is 0 Å². The Morgan fingerprint density at radius 2 is 1.80 bits per heavy atom. The Bertz CT molecular complexity index is 914. The van der Waals surface area contributed by atoms with Crippen molar-refractivity contribution in [1.82, 2.24) is 4.72 Å². The van der Waals surface area contributed by atoms with E-state index < -0.39 is 27.7 Å². The molecule has 2 aromatic carbocycles. The lowest BCUT2D eigenvalue weighted by Gasteiger charge is -2.11. The molecular formula is C15H12ClF3N2O3S. The predicted molar refractivity (Wildman–Crippen MR) is 87.1 cm³/mol. The lowest BCUT2D eigenvalue weighted by molar-refractivity contribution is -0.137. The number of carbonyl (C=O) groups is 1. The second-order valence-electron chi connectivity index (χ2n) is 4.88. The van der Waals surface area contributed by atoms with Gasteiger partial charge < -0.3 is 5.32 Å². The number of sulfonamides is 1. The molecule has 0 aliphatic carbocycles. The number of rotatable bonds is 4. The Balaban J connectivity index is 2.35. The summed E-state index contributed by atoms with van der Waals surface area (Å²) in [4.78, 5) is 12.1. The molecule has 134 valence electrons. The maximum Gasteiger partial charge on any atom is 0.416 e. The fourth-order valence-electron chi connectivity index (χ4n) is 1.94. The molecule has 1 amide bonds. The summed E-state index contributed by atoms with van der Waals surface area (Å²) in [7, 11) is -2.61. The molecule has 0 aromatic heterocycles. The van der Waals surface area contributed by atoms with E-state index in [1.165, 1.54) is 25.2 Å². The smallest absolute Gasteiger partial charge is 0.322 e. The van der Waals surface area contributed by atoms with Crippen LogP contribution in [0.3, 0.4) is 0 Å². The highest BCUT2D eigenvalue weighted by molar-refractivity contribution is 7.89. The molecule has 0 atom stereocenters. The SMILES string of the molecule is CNS(=O)(=O)c1ccc(Cl)c(C(=O)Nc2cccc(C(F)(F)F)c2)c1. The minimum atomic E-state index is -4.56. The minimum Gasteiger partial charge on any atom is -0.322 e. The molecule has 5 nitrogen and oxygen atoms in total. The Hall–Kier alpha value is -2.10. The van der Waals surface area contributed by atoms with Crippen LogP contribution in [0, 0.1) is 0 Å². The Morgan fingerprint density at radius 3 is 2.40 bits per heavy atom. The van der Waals surface area contributed by atoms with Gasteiger partial charge in [-0.2, -0.15) is 13.2 Å². The molecule has 0 spiro atoms. The van der Waals surface area contributed by atoms with E-state index in [-0.39, 0.29) is 21.2 Å². The van der Waals surface area contributed by atoms with Gasteiger partial charge in [-0.05, 0) is 43.4 Å². The van der Waals surface area contributed by atoms with E-state index in [4.69, 9.17) is 11.6 Å². The summed E-state index contributed by atoms with van der Waals surface area (Å²) in [5.74, 6) is -0.836. The highest BCUT2D eigenvalue weighted by Crippen LogP contribution is 2.31. The summed E-state index contributed by atoms with van der Waals surface area (Å²) in [6.45, 7) is 0. The fraction of sp³-hybridized carbons (Fsp3) is 0.133. The van der Waals surface area contributed by atoms with Gasteiger partial charge in [-0.1, -0.05) is 17.7 Å². The quantitative estimate of drug-likeness (QED) is 0.836. The molecule has 0 bridgehead atoms. The molecule has 0 aliphatic rings. The fourth-order valence-corrected chi connectivity index (χ4v) is 2.89. The molecule has 25 heavy (non-hydrogen) atoms. The number of hydrogen-bond acceptors (Lipinski definition) is 3. The number of anilines is 1. The third-order valence-electron chi connectivity index (χ3n) is 3.21. The highest BCUT2D eigenvalue weighted by atomic mass is 35.5. The Labute approximate surface area is 146 Å². The summed E-state index contributed by atoms with van der Waals surface area (Å²) >= 11 is 5.90. The van der Waals surface area contributed by atoms with Crippen molar-refractivity contribution in [3.63, 3.8) is 0 Å². The van der Waals surface area contributed by atoms with Crippen LogP contribution in [0.4, 0.5) is 18.9 Å². The second kappa shape index (κ2) is 7.03. The van der Waals surface area contributed by atoms with Gasteiger partial charge in [0.05, 0.1) is 21.0 Å². The summed E-state index contributed by atoms with van der Waals surface area (Å²) in [6.07, 6.45) is -4.56. The van der Waals surface area contributed by atoms with Crippen molar-refractivity contribution in [3.8, 4) is 0 Å². The average molecular weight is 393 g/mol. The zero-order valence-electron chi connectivity index (χ0n) is 12.7. The lowest BCUT2D eigenvalue weighted by atomic mass is 10.1. The molecule has 0 saturated heterocycles. The van der Waals surface area contributed by atoms with E-state index in [0.29, 0.717) is 0 Å². The van der Waals surface area contributed by atoms with E-state index in [2.05, 4.69) is 10.0 Å².